The van der Waals surface area contributed by atoms with Gasteiger partial charge < -0.3 is 9.47 Å². The molecule has 0 spiro atoms. The van der Waals surface area contributed by atoms with Crippen molar-refractivity contribution >= 4 is 0 Å². The largest absolute Gasteiger partial charge is 0.493 e. The molecule has 2 aromatic carbocycles. The third-order valence-corrected chi connectivity index (χ3v) is 3.74. The molecule has 2 nitrogen and oxygen atoms in total. The molecule has 0 aliphatic carbocycles. The second-order valence-corrected chi connectivity index (χ2v) is 5.87. The van der Waals surface area contributed by atoms with E-state index in [0.29, 0.717) is 12.8 Å². The predicted molar refractivity (Wildman–Crippen MR) is 86.7 cm³/mol. The topological polar surface area (TPSA) is 18.5 Å². The van der Waals surface area contributed by atoms with Gasteiger partial charge in [0.1, 0.15) is 11.5 Å². The lowest BCUT2D eigenvalue weighted by Crippen LogP contribution is -2.01. The van der Waals surface area contributed by atoms with Crippen LogP contribution in [0.4, 0.5) is 26.3 Å². The molecule has 0 amide bonds. The molecule has 2 aromatic rings. The van der Waals surface area contributed by atoms with E-state index in [0.717, 1.165) is 43.5 Å². The van der Waals surface area contributed by atoms with Gasteiger partial charge in [-0.3, -0.25) is 0 Å². The molecular formula is C19H18F6O2. The maximum Gasteiger partial charge on any atom is 0.194 e. The molecule has 0 saturated heterocycles. The number of benzene rings is 2. The van der Waals surface area contributed by atoms with Crippen LogP contribution in [0.2, 0.25) is 0 Å². The van der Waals surface area contributed by atoms with Crippen molar-refractivity contribution in [3.8, 4) is 11.5 Å². The second kappa shape index (κ2) is 10.1. The molecule has 0 radical (unpaired) electrons. The summed E-state index contributed by atoms with van der Waals surface area (Å²) < 4.78 is 88.0. The molecule has 27 heavy (non-hydrogen) atoms. The summed E-state index contributed by atoms with van der Waals surface area (Å²) in [6, 6.07) is 3.15. The molecule has 0 heterocycles. The first-order valence-electron chi connectivity index (χ1n) is 8.43. The summed E-state index contributed by atoms with van der Waals surface area (Å²) in [6.07, 6.45) is 3.66. The average Bonchev–Trinajstić information content (AvgIpc) is 2.62. The number of unbranched alkanes of at least 4 members (excludes halogenated alkanes) is 4. The molecule has 0 aromatic heterocycles. The Bertz CT molecular complexity index is 656. The molecule has 148 valence electrons. The van der Waals surface area contributed by atoms with Crippen molar-refractivity contribution in [1.29, 1.82) is 0 Å². The molecule has 0 bridgehead atoms. The van der Waals surface area contributed by atoms with Crippen LogP contribution in [0.15, 0.2) is 24.3 Å². The van der Waals surface area contributed by atoms with E-state index in [4.69, 9.17) is 9.47 Å². The van der Waals surface area contributed by atoms with Gasteiger partial charge in [-0.15, -0.1) is 0 Å². The summed E-state index contributed by atoms with van der Waals surface area (Å²) in [7, 11) is 0. The maximum absolute atomic E-state index is 13.0. The summed E-state index contributed by atoms with van der Waals surface area (Å²) in [5, 5.41) is 0. The number of hydrogen-bond donors (Lipinski definition) is 0. The van der Waals surface area contributed by atoms with E-state index in [2.05, 4.69) is 0 Å². The third kappa shape index (κ3) is 6.37. The van der Waals surface area contributed by atoms with E-state index in [-0.39, 0.29) is 24.7 Å². The molecule has 0 aliphatic rings. The highest BCUT2D eigenvalue weighted by atomic mass is 19.2. The normalized spacial score (nSPS) is 10.9. The summed E-state index contributed by atoms with van der Waals surface area (Å²) in [4.78, 5) is 0. The third-order valence-electron chi connectivity index (χ3n) is 3.74. The van der Waals surface area contributed by atoms with Crippen molar-refractivity contribution in [3.63, 3.8) is 0 Å². The van der Waals surface area contributed by atoms with Crippen molar-refractivity contribution in [2.24, 2.45) is 0 Å². The van der Waals surface area contributed by atoms with Crippen LogP contribution in [0.25, 0.3) is 0 Å². The molecule has 8 heteroatoms. The van der Waals surface area contributed by atoms with Gasteiger partial charge in [0.15, 0.2) is 34.9 Å². The molecule has 0 N–H and O–H groups in total. The first-order chi connectivity index (χ1) is 12.9. The van der Waals surface area contributed by atoms with Crippen molar-refractivity contribution in [2.75, 3.05) is 13.2 Å². The Hall–Kier alpha value is -2.38. The number of hydrogen-bond acceptors (Lipinski definition) is 2. The van der Waals surface area contributed by atoms with E-state index in [1.807, 2.05) is 0 Å². The summed E-state index contributed by atoms with van der Waals surface area (Å²) in [5.74, 6) is -8.41. The fraction of sp³-hybridized carbons (Fsp3) is 0.368. The van der Waals surface area contributed by atoms with Gasteiger partial charge in [-0.1, -0.05) is 19.3 Å². The minimum atomic E-state index is -1.53. The standard InChI is InChI=1S/C19H18F6O2/c20-14-8-12(9-15(21)18(14)24)26-6-4-2-1-3-5-7-27-13-10-16(22)19(25)17(23)11-13/h8-11H,1-7H2. The molecule has 0 unspecified atom stereocenters. The molecule has 0 atom stereocenters. The fourth-order valence-electron chi connectivity index (χ4n) is 2.35. The van der Waals surface area contributed by atoms with Gasteiger partial charge >= 0.3 is 0 Å². The Morgan fingerprint density at radius 2 is 0.778 bits per heavy atom. The second-order valence-electron chi connectivity index (χ2n) is 5.87. The summed E-state index contributed by atoms with van der Waals surface area (Å²) in [6.45, 7) is 0.463. The zero-order chi connectivity index (χ0) is 19.8. The van der Waals surface area contributed by atoms with E-state index in [9.17, 15) is 26.3 Å². The fourth-order valence-corrected chi connectivity index (χ4v) is 2.35. The predicted octanol–water partition coefficient (Wildman–Crippen LogP) is 5.93. The Labute approximate surface area is 152 Å². The van der Waals surface area contributed by atoms with Crippen LogP contribution in [0.1, 0.15) is 32.1 Å². The van der Waals surface area contributed by atoms with Gasteiger partial charge in [0.25, 0.3) is 0 Å². The highest BCUT2D eigenvalue weighted by Crippen LogP contribution is 2.21. The van der Waals surface area contributed by atoms with Crippen molar-refractivity contribution in [1.82, 2.24) is 0 Å². The lowest BCUT2D eigenvalue weighted by molar-refractivity contribution is 0.288. The zero-order valence-electron chi connectivity index (χ0n) is 14.3. The molecular weight excluding hydrogens is 374 g/mol. The Morgan fingerprint density at radius 3 is 1.11 bits per heavy atom. The smallest absolute Gasteiger partial charge is 0.194 e. The van der Waals surface area contributed by atoms with Crippen molar-refractivity contribution in [2.45, 2.75) is 32.1 Å². The molecule has 0 aliphatic heterocycles. The Kier molecular flexibility index (Phi) is 7.82. The number of rotatable bonds is 10. The first-order valence-corrected chi connectivity index (χ1v) is 8.43. The minimum absolute atomic E-state index is 0.0708. The van der Waals surface area contributed by atoms with E-state index in [1.54, 1.807) is 0 Å². The van der Waals surface area contributed by atoms with Crippen LogP contribution in [0, 0.1) is 34.9 Å². The highest BCUT2D eigenvalue weighted by molar-refractivity contribution is 5.25. The van der Waals surface area contributed by atoms with E-state index < -0.39 is 34.9 Å². The van der Waals surface area contributed by atoms with Gasteiger partial charge in [-0.2, -0.15) is 0 Å². The van der Waals surface area contributed by atoms with Gasteiger partial charge in [0.2, 0.25) is 0 Å². The maximum atomic E-state index is 13.0. The van der Waals surface area contributed by atoms with Crippen molar-refractivity contribution in [3.05, 3.63) is 59.2 Å². The van der Waals surface area contributed by atoms with Crippen LogP contribution >= 0.6 is 0 Å². The Balaban J connectivity index is 1.55. The Morgan fingerprint density at radius 1 is 0.481 bits per heavy atom. The van der Waals surface area contributed by atoms with E-state index in [1.165, 1.54) is 0 Å². The monoisotopic (exact) mass is 392 g/mol. The SMILES string of the molecule is Fc1cc(OCCCCCCCOc2cc(F)c(F)c(F)c2)cc(F)c1F. The molecule has 0 fully saturated rings. The van der Waals surface area contributed by atoms with Crippen LogP contribution in [-0.4, -0.2) is 13.2 Å². The van der Waals surface area contributed by atoms with E-state index >= 15 is 0 Å². The highest BCUT2D eigenvalue weighted by Gasteiger charge is 2.12. The van der Waals surface area contributed by atoms with Gasteiger partial charge in [0.05, 0.1) is 13.2 Å². The van der Waals surface area contributed by atoms with Gasteiger partial charge in [0, 0.05) is 24.3 Å². The summed E-state index contributed by atoms with van der Waals surface area (Å²) >= 11 is 0. The van der Waals surface area contributed by atoms with Crippen LogP contribution < -0.4 is 9.47 Å². The lowest BCUT2D eigenvalue weighted by Gasteiger charge is -2.08. The number of ether oxygens (including phenoxy) is 2. The number of halogens is 6. The average molecular weight is 392 g/mol. The van der Waals surface area contributed by atoms with Crippen molar-refractivity contribution < 1.29 is 35.8 Å². The van der Waals surface area contributed by atoms with Gasteiger partial charge in [-0.25, -0.2) is 26.3 Å². The quantitative estimate of drug-likeness (QED) is 0.283. The van der Waals surface area contributed by atoms with Crippen LogP contribution in [0.3, 0.4) is 0 Å². The zero-order valence-corrected chi connectivity index (χ0v) is 14.3. The van der Waals surface area contributed by atoms with Gasteiger partial charge in [-0.05, 0) is 12.8 Å². The molecule has 0 saturated carbocycles. The van der Waals surface area contributed by atoms with Crippen LogP contribution in [0.5, 0.6) is 11.5 Å². The first kappa shape index (κ1) is 20.9. The minimum Gasteiger partial charge on any atom is -0.493 e. The summed E-state index contributed by atoms with van der Waals surface area (Å²) in [5.41, 5.74) is 0. The molecule has 2 rings (SSSR count). The lowest BCUT2D eigenvalue weighted by atomic mass is 10.1. The van der Waals surface area contributed by atoms with Crippen LogP contribution in [-0.2, 0) is 0 Å².